The predicted molar refractivity (Wildman–Crippen MR) is 86.9 cm³/mol. The number of carboxylic acid groups (broad SMARTS) is 1. The van der Waals surface area contributed by atoms with Crippen LogP contribution in [-0.2, 0) is 4.79 Å². The number of rotatable bonds is 6. The van der Waals surface area contributed by atoms with Crippen LogP contribution in [-0.4, -0.2) is 24.1 Å². The second kappa shape index (κ2) is 7.79. The number of hydrogen-bond acceptors (Lipinski definition) is 3. The molecular formula is C17H15ClFNO4. The largest absolute Gasteiger partial charge is 0.497 e. The molecule has 2 aromatic rings. The van der Waals surface area contributed by atoms with Crippen molar-refractivity contribution >= 4 is 23.5 Å². The van der Waals surface area contributed by atoms with Gasteiger partial charge in [-0.25, -0.2) is 4.39 Å². The Labute approximate surface area is 143 Å². The van der Waals surface area contributed by atoms with Gasteiger partial charge in [-0.15, -0.1) is 0 Å². The molecule has 5 nitrogen and oxygen atoms in total. The normalized spacial score (nSPS) is 11.6. The van der Waals surface area contributed by atoms with E-state index in [0.717, 1.165) is 6.07 Å². The van der Waals surface area contributed by atoms with Crippen LogP contribution >= 0.6 is 11.6 Å². The van der Waals surface area contributed by atoms with Gasteiger partial charge in [0.25, 0.3) is 5.91 Å². The third-order valence-corrected chi connectivity index (χ3v) is 3.71. The number of hydrogen-bond donors (Lipinski definition) is 2. The van der Waals surface area contributed by atoms with Gasteiger partial charge in [-0.1, -0.05) is 29.8 Å². The molecule has 126 valence electrons. The standard InChI is InChI=1S/C17H15ClFNO4/c1-24-11-7-5-10(6-8-11)14(9-15(21)22)20-17(23)16-12(18)3-2-4-13(16)19/h2-8,14H,9H2,1H3,(H,20,23)(H,21,22). The van der Waals surface area contributed by atoms with E-state index in [1.807, 2.05) is 0 Å². The van der Waals surface area contributed by atoms with Gasteiger partial charge in [0.2, 0.25) is 0 Å². The molecule has 2 rings (SSSR count). The lowest BCUT2D eigenvalue weighted by Crippen LogP contribution is -2.31. The number of halogens is 2. The molecule has 1 unspecified atom stereocenters. The zero-order valence-corrected chi connectivity index (χ0v) is 13.5. The van der Waals surface area contributed by atoms with Crippen LogP contribution in [0.5, 0.6) is 5.75 Å². The van der Waals surface area contributed by atoms with E-state index in [-0.39, 0.29) is 17.0 Å². The summed E-state index contributed by atoms with van der Waals surface area (Å²) in [7, 11) is 1.51. The second-order valence-electron chi connectivity index (χ2n) is 4.99. The Balaban J connectivity index is 2.28. The Kier molecular flexibility index (Phi) is 5.76. The molecule has 0 spiro atoms. The lowest BCUT2D eigenvalue weighted by molar-refractivity contribution is -0.137. The Morgan fingerprint density at radius 2 is 1.92 bits per heavy atom. The second-order valence-corrected chi connectivity index (χ2v) is 5.40. The van der Waals surface area contributed by atoms with Gasteiger partial charge in [-0.2, -0.15) is 0 Å². The molecule has 0 saturated heterocycles. The van der Waals surface area contributed by atoms with Gasteiger partial charge in [0, 0.05) is 0 Å². The van der Waals surface area contributed by atoms with E-state index in [9.17, 15) is 14.0 Å². The number of benzene rings is 2. The number of carbonyl (C=O) groups excluding carboxylic acids is 1. The molecule has 0 radical (unpaired) electrons. The van der Waals surface area contributed by atoms with E-state index in [2.05, 4.69) is 5.32 Å². The van der Waals surface area contributed by atoms with E-state index in [1.165, 1.54) is 19.2 Å². The minimum Gasteiger partial charge on any atom is -0.497 e. The monoisotopic (exact) mass is 351 g/mol. The predicted octanol–water partition coefficient (Wildman–Crippen LogP) is 3.43. The Hall–Kier alpha value is -2.60. The number of amides is 1. The summed E-state index contributed by atoms with van der Waals surface area (Å²) in [6, 6.07) is 9.60. The van der Waals surface area contributed by atoms with Gasteiger partial charge < -0.3 is 15.2 Å². The van der Waals surface area contributed by atoms with Crippen LogP contribution in [0.1, 0.15) is 28.4 Å². The van der Waals surface area contributed by atoms with Gasteiger partial charge >= 0.3 is 5.97 Å². The van der Waals surface area contributed by atoms with Crippen LogP contribution in [0.15, 0.2) is 42.5 Å². The molecule has 0 aliphatic heterocycles. The van der Waals surface area contributed by atoms with E-state index in [0.29, 0.717) is 11.3 Å². The minimum absolute atomic E-state index is 0.0451. The van der Waals surface area contributed by atoms with Crippen molar-refractivity contribution in [1.29, 1.82) is 0 Å². The third-order valence-electron chi connectivity index (χ3n) is 3.39. The molecule has 1 atom stereocenters. The fraction of sp³-hybridized carbons (Fsp3) is 0.176. The first kappa shape index (κ1) is 17.7. The Morgan fingerprint density at radius 1 is 1.25 bits per heavy atom. The summed E-state index contributed by atoms with van der Waals surface area (Å²) in [5.41, 5.74) is 0.238. The average Bonchev–Trinajstić information content (AvgIpc) is 2.54. The van der Waals surface area contributed by atoms with Crippen molar-refractivity contribution in [2.24, 2.45) is 0 Å². The van der Waals surface area contributed by atoms with Gasteiger partial charge in [-0.05, 0) is 29.8 Å². The lowest BCUT2D eigenvalue weighted by Gasteiger charge is -2.18. The highest BCUT2D eigenvalue weighted by molar-refractivity contribution is 6.33. The number of aliphatic carboxylic acids is 1. The molecule has 0 aliphatic rings. The SMILES string of the molecule is COc1ccc(C(CC(=O)O)NC(=O)c2c(F)cccc2Cl)cc1. The molecule has 1 amide bonds. The summed E-state index contributed by atoms with van der Waals surface area (Å²) in [5, 5.41) is 11.5. The van der Waals surface area contributed by atoms with Crippen molar-refractivity contribution in [3.8, 4) is 5.75 Å². The smallest absolute Gasteiger partial charge is 0.305 e. The Bertz CT molecular complexity index is 729. The first-order chi connectivity index (χ1) is 11.4. The van der Waals surface area contributed by atoms with E-state index in [1.54, 1.807) is 24.3 Å². The van der Waals surface area contributed by atoms with Crippen molar-refractivity contribution < 1.29 is 23.8 Å². The highest BCUT2D eigenvalue weighted by atomic mass is 35.5. The summed E-state index contributed by atoms with van der Waals surface area (Å²) in [6.45, 7) is 0. The van der Waals surface area contributed by atoms with Gasteiger partial charge in [0.05, 0.1) is 30.2 Å². The highest BCUT2D eigenvalue weighted by Crippen LogP contribution is 2.23. The van der Waals surface area contributed by atoms with E-state index < -0.39 is 23.7 Å². The van der Waals surface area contributed by atoms with Crippen molar-refractivity contribution in [2.45, 2.75) is 12.5 Å². The molecule has 2 N–H and O–H groups in total. The van der Waals surface area contributed by atoms with Crippen LogP contribution < -0.4 is 10.1 Å². The molecule has 0 aliphatic carbocycles. The average molecular weight is 352 g/mol. The fourth-order valence-electron chi connectivity index (χ4n) is 2.21. The maximum atomic E-state index is 13.8. The number of carbonyl (C=O) groups is 2. The molecular weight excluding hydrogens is 337 g/mol. The maximum Gasteiger partial charge on any atom is 0.305 e. The molecule has 0 aromatic heterocycles. The van der Waals surface area contributed by atoms with Crippen molar-refractivity contribution in [3.63, 3.8) is 0 Å². The fourth-order valence-corrected chi connectivity index (χ4v) is 2.46. The zero-order chi connectivity index (χ0) is 17.7. The molecule has 2 aromatic carbocycles. The number of carboxylic acids is 1. The summed E-state index contributed by atoms with van der Waals surface area (Å²) >= 11 is 5.87. The van der Waals surface area contributed by atoms with Gasteiger partial charge in [0.1, 0.15) is 11.6 Å². The van der Waals surface area contributed by atoms with E-state index >= 15 is 0 Å². The van der Waals surface area contributed by atoms with Crippen molar-refractivity contribution in [1.82, 2.24) is 5.32 Å². The quantitative estimate of drug-likeness (QED) is 0.836. The molecule has 0 heterocycles. The molecule has 0 fully saturated rings. The highest BCUT2D eigenvalue weighted by Gasteiger charge is 2.22. The topological polar surface area (TPSA) is 75.6 Å². The zero-order valence-electron chi connectivity index (χ0n) is 12.8. The number of ether oxygens (including phenoxy) is 1. The van der Waals surface area contributed by atoms with Crippen molar-refractivity contribution in [2.75, 3.05) is 7.11 Å². The van der Waals surface area contributed by atoms with Crippen LogP contribution in [0.4, 0.5) is 4.39 Å². The van der Waals surface area contributed by atoms with E-state index in [4.69, 9.17) is 21.4 Å². The van der Waals surface area contributed by atoms with Crippen LogP contribution in [0.3, 0.4) is 0 Å². The van der Waals surface area contributed by atoms with Crippen molar-refractivity contribution in [3.05, 3.63) is 64.4 Å². The summed E-state index contributed by atoms with van der Waals surface area (Å²) in [5.74, 6) is -2.06. The maximum absolute atomic E-state index is 13.8. The van der Waals surface area contributed by atoms with Gasteiger partial charge in [0.15, 0.2) is 0 Å². The third kappa shape index (κ3) is 4.23. The van der Waals surface area contributed by atoms with Crippen LogP contribution in [0.25, 0.3) is 0 Å². The first-order valence-corrected chi connectivity index (χ1v) is 7.40. The Morgan fingerprint density at radius 3 is 2.46 bits per heavy atom. The minimum atomic E-state index is -1.10. The molecule has 0 saturated carbocycles. The summed E-state index contributed by atoms with van der Waals surface area (Å²) < 4.78 is 18.9. The van der Waals surface area contributed by atoms with Crippen LogP contribution in [0, 0.1) is 5.82 Å². The molecule has 24 heavy (non-hydrogen) atoms. The summed E-state index contributed by atoms with van der Waals surface area (Å²) in [6.07, 6.45) is -0.357. The lowest BCUT2D eigenvalue weighted by atomic mass is 10.0. The van der Waals surface area contributed by atoms with Crippen LogP contribution in [0.2, 0.25) is 5.02 Å². The molecule has 7 heteroatoms. The summed E-state index contributed by atoms with van der Waals surface area (Å²) in [4.78, 5) is 23.4. The first-order valence-electron chi connectivity index (χ1n) is 7.03. The number of nitrogens with one attached hydrogen (secondary N) is 1. The number of methoxy groups -OCH3 is 1. The molecule has 0 bridgehead atoms. The van der Waals surface area contributed by atoms with Gasteiger partial charge in [-0.3, -0.25) is 9.59 Å².